The second-order valence-electron chi connectivity index (χ2n) is 6.05. The summed E-state index contributed by atoms with van der Waals surface area (Å²) >= 11 is 0. The van der Waals surface area contributed by atoms with E-state index in [0.717, 1.165) is 0 Å². The third-order valence-corrected chi connectivity index (χ3v) is 4.21. The Bertz CT molecular complexity index is 1160. The average molecular weight is 386 g/mol. The number of rotatable bonds is 6. The summed E-state index contributed by atoms with van der Waals surface area (Å²) in [6, 6.07) is 18.9. The molecule has 4 aromatic rings. The maximum Gasteiger partial charge on any atom is 0.349 e. The first-order valence-corrected chi connectivity index (χ1v) is 8.64. The SMILES string of the molecule is N#Cc1c(-c2ccco2)cc(-c2ccco2)nc1OC(C(=O)O)c1ccccc1. The monoisotopic (exact) mass is 386 g/mol. The number of hydrogen-bond donors (Lipinski definition) is 1. The number of furan rings is 2. The molecule has 0 aliphatic heterocycles. The zero-order chi connectivity index (χ0) is 20.2. The number of aromatic nitrogens is 1. The van der Waals surface area contributed by atoms with Gasteiger partial charge >= 0.3 is 5.97 Å². The van der Waals surface area contributed by atoms with Crippen molar-refractivity contribution in [1.29, 1.82) is 5.26 Å². The minimum atomic E-state index is -1.34. The van der Waals surface area contributed by atoms with Gasteiger partial charge in [-0.1, -0.05) is 30.3 Å². The molecule has 3 heterocycles. The molecule has 1 atom stereocenters. The molecule has 1 aromatic carbocycles. The van der Waals surface area contributed by atoms with Crippen molar-refractivity contribution in [1.82, 2.24) is 4.98 Å². The normalized spacial score (nSPS) is 11.6. The zero-order valence-corrected chi connectivity index (χ0v) is 15.0. The molecule has 0 saturated heterocycles. The molecule has 0 fully saturated rings. The molecule has 0 bridgehead atoms. The summed E-state index contributed by atoms with van der Waals surface area (Å²) in [5.74, 6) is -0.458. The summed E-state index contributed by atoms with van der Waals surface area (Å²) < 4.78 is 16.6. The molecule has 0 radical (unpaired) electrons. The van der Waals surface area contributed by atoms with Gasteiger partial charge in [-0.25, -0.2) is 9.78 Å². The lowest BCUT2D eigenvalue weighted by Crippen LogP contribution is -2.19. The van der Waals surface area contributed by atoms with Gasteiger partial charge < -0.3 is 18.7 Å². The average Bonchev–Trinajstić information content (AvgIpc) is 3.46. The van der Waals surface area contributed by atoms with E-state index in [0.29, 0.717) is 28.3 Å². The van der Waals surface area contributed by atoms with Crippen LogP contribution in [0.2, 0.25) is 0 Å². The van der Waals surface area contributed by atoms with E-state index >= 15 is 0 Å². The van der Waals surface area contributed by atoms with Crippen LogP contribution < -0.4 is 4.74 Å². The Hall–Kier alpha value is -4.31. The van der Waals surface area contributed by atoms with E-state index in [-0.39, 0.29) is 11.4 Å². The number of ether oxygens (including phenoxy) is 1. The predicted molar refractivity (Wildman–Crippen MR) is 102 cm³/mol. The Morgan fingerprint density at radius 3 is 2.31 bits per heavy atom. The van der Waals surface area contributed by atoms with Crippen LogP contribution in [0, 0.1) is 11.3 Å². The molecule has 0 amide bonds. The van der Waals surface area contributed by atoms with E-state index in [1.807, 2.05) is 6.07 Å². The molecule has 1 unspecified atom stereocenters. The number of hydrogen-bond acceptors (Lipinski definition) is 6. The lowest BCUT2D eigenvalue weighted by molar-refractivity contribution is -0.145. The molecule has 0 saturated carbocycles. The Labute approximate surface area is 165 Å². The number of aliphatic carboxylic acids is 1. The van der Waals surface area contributed by atoms with Crippen LogP contribution in [-0.2, 0) is 4.79 Å². The van der Waals surface area contributed by atoms with Crippen LogP contribution in [0.25, 0.3) is 22.8 Å². The maximum atomic E-state index is 11.9. The van der Waals surface area contributed by atoms with Crippen LogP contribution in [0.4, 0.5) is 0 Å². The Kier molecular flexibility index (Phi) is 4.82. The second kappa shape index (κ2) is 7.74. The number of nitrogens with zero attached hydrogens (tertiary/aromatic N) is 2. The number of pyridine rings is 1. The van der Waals surface area contributed by atoms with E-state index in [4.69, 9.17) is 13.6 Å². The van der Waals surface area contributed by atoms with Crippen LogP contribution >= 0.6 is 0 Å². The van der Waals surface area contributed by atoms with Gasteiger partial charge in [-0.05, 0) is 30.3 Å². The van der Waals surface area contributed by atoms with E-state index in [1.54, 1.807) is 60.7 Å². The molecule has 29 heavy (non-hydrogen) atoms. The van der Waals surface area contributed by atoms with Crippen LogP contribution in [-0.4, -0.2) is 16.1 Å². The molecule has 7 heteroatoms. The van der Waals surface area contributed by atoms with E-state index < -0.39 is 12.1 Å². The number of carboxylic acid groups (broad SMARTS) is 1. The molecular weight excluding hydrogens is 372 g/mol. The van der Waals surface area contributed by atoms with Crippen LogP contribution in [0.5, 0.6) is 5.88 Å². The first-order valence-electron chi connectivity index (χ1n) is 8.64. The summed E-state index contributed by atoms with van der Waals surface area (Å²) in [6.45, 7) is 0. The second-order valence-corrected chi connectivity index (χ2v) is 6.05. The van der Waals surface area contributed by atoms with Gasteiger partial charge in [0, 0.05) is 11.1 Å². The van der Waals surface area contributed by atoms with Crippen molar-refractivity contribution in [3.63, 3.8) is 0 Å². The maximum absolute atomic E-state index is 11.9. The first-order chi connectivity index (χ1) is 14.2. The Morgan fingerprint density at radius 2 is 1.72 bits per heavy atom. The Balaban J connectivity index is 1.87. The van der Waals surface area contributed by atoms with Gasteiger partial charge in [0.25, 0.3) is 0 Å². The molecule has 0 aliphatic rings. The quantitative estimate of drug-likeness (QED) is 0.512. The van der Waals surface area contributed by atoms with Crippen molar-refractivity contribution in [2.45, 2.75) is 6.10 Å². The molecule has 7 nitrogen and oxygen atoms in total. The van der Waals surface area contributed by atoms with Crippen molar-refractivity contribution in [2.24, 2.45) is 0 Å². The van der Waals surface area contributed by atoms with Crippen molar-refractivity contribution >= 4 is 5.97 Å². The summed E-state index contributed by atoms with van der Waals surface area (Å²) in [6.07, 6.45) is 1.63. The van der Waals surface area contributed by atoms with Crippen molar-refractivity contribution < 1.29 is 23.5 Å². The highest BCUT2D eigenvalue weighted by molar-refractivity contribution is 5.77. The fourth-order valence-corrected chi connectivity index (χ4v) is 2.89. The molecule has 142 valence electrons. The fourth-order valence-electron chi connectivity index (χ4n) is 2.89. The molecule has 0 spiro atoms. The summed E-state index contributed by atoms with van der Waals surface area (Å²) in [5.41, 5.74) is 1.30. The number of carboxylic acids is 1. The third-order valence-electron chi connectivity index (χ3n) is 4.21. The van der Waals surface area contributed by atoms with Crippen LogP contribution in [0.1, 0.15) is 17.2 Å². The highest BCUT2D eigenvalue weighted by Crippen LogP contribution is 2.35. The van der Waals surface area contributed by atoms with E-state index in [1.165, 1.54) is 12.5 Å². The van der Waals surface area contributed by atoms with Gasteiger partial charge in [0.2, 0.25) is 12.0 Å². The largest absolute Gasteiger partial charge is 0.478 e. The smallest absolute Gasteiger partial charge is 0.349 e. The summed E-state index contributed by atoms with van der Waals surface area (Å²) in [5, 5.41) is 19.4. The van der Waals surface area contributed by atoms with Gasteiger partial charge in [0.15, 0.2) is 5.76 Å². The summed E-state index contributed by atoms with van der Waals surface area (Å²) in [4.78, 5) is 16.2. The molecular formula is C22H14N2O5. The third kappa shape index (κ3) is 3.59. The molecule has 1 N–H and O–H groups in total. The zero-order valence-electron chi connectivity index (χ0n) is 15.0. The molecule has 3 aromatic heterocycles. The number of benzene rings is 1. The molecule has 4 rings (SSSR count). The lowest BCUT2D eigenvalue weighted by atomic mass is 10.1. The van der Waals surface area contributed by atoms with Crippen LogP contribution in [0.15, 0.2) is 82.0 Å². The highest BCUT2D eigenvalue weighted by Gasteiger charge is 2.26. The highest BCUT2D eigenvalue weighted by atomic mass is 16.5. The Morgan fingerprint density at radius 1 is 1.03 bits per heavy atom. The van der Waals surface area contributed by atoms with Gasteiger partial charge in [-0.15, -0.1) is 0 Å². The standard InChI is InChI=1S/C22H14N2O5/c23-13-16-15(18-8-4-10-27-18)12-17(19-9-5-11-28-19)24-21(16)29-20(22(25)26)14-6-2-1-3-7-14/h1-12,20H,(H,25,26). The van der Waals surface area contributed by atoms with Gasteiger partial charge in [0.1, 0.15) is 23.1 Å². The van der Waals surface area contributed by atoms with E-state index in [2.05, 4.69) is 4.98 Å². The fraction of sp³-hybridized carbons (Fsp3) is 0.0455. The van der Waals surface area contributed by atoms with Crippen molar-refractivity contribution in [2.75, 3.05) is 0 Å². The lowest BCUT2D eigenvalue weighted by Gasteiger charge is -2.17. The number of carbonyl (C=O) groups is 1. The predicted octanol–water partition coefficient (Wildman–Crippen LogP) is 4.68. The number of nitriles is 1. The van der Waals surface area contributed by atoms with Gasteiger partial charge in [0.05, 0.1) is 12.5 Å². The van der Waals surface area contributed by atoms with Crippen molar-refractivity contribution in [3.8, 4) is 34.7 Å². The van der Waals surface area contributed by atoms with Crippen molar-refractivity contribution in [3.05, 3.63) is 84.3 Å². The minimum absolute atomic E-state index is 0.0671. The van der Waals surface area contributed by atoms with Gasteiger partial charge in [-0.3, -0.25) is 0 Å². The minimum Gasteiger partial charge on any atom is -0.478 e. The van der Waals surface area contributed by atoms with E-state index in [9.17, 15) is 15.2 Å². The topological polar surface area (TPSA) is 109 Å². The van der Waals surface area contributed by atoms with Crippen LogP contribution in [0.3, 0.4) is 0 Å². The first kappa shape index (κ1) is 18.1. The molecule has 0 aliphatic carbocycles. The summed E-state index contributed by atoms with van der Waals surface area (Å²) in [7, 11) is 0. The van der Waals surface area contributed by atoms with Gasteiger partial charge in [-0.2, -0.15) is 5.26 Å².